The molecule has 210 valence electrons. The van der Waals surface area contributed by atoms with E-state index < -0.39 is 0 Å². The summed E-state index contributed by atoms with van der Waals surface area (Å²) in [5, 5.41) is 15.7. The van der Waals surface area contributed by atoms with Crippen LogP contribution in [0.15, 0.2) is 42.5 Å². The van der Waals surface area contributed by atoms with Gasteiger partial charge in [-0.1, -0.05) is 44.5 Å². The first-order valence-corrected chi connectivity index (χ1v) is 13.8. The summed E-state index contributed by atoms with van der Waals surface area (Å²) in [6.45, 7) is 11.2. The van der Waals surface area contributed by atoms with Crippen LogP contribution in [0, 0.1) is 5.41 Å². The van der Waals surface area contributed by atoms with Crippen LogP contribution in [-0.2, 0) is 17.8 Å². The molecule has 39 heavy (non-hydrogen) atoms. The predicted octanol–water partition coefficient (Wildman–Crippen LogP) is 4.56. The average Bonchev–Trinajstić information content (AvgIpc) is 3.22. The van der Waals surface area contributed by atoms with Gasteiger partial charge in [-0.2, -0.15) is 4.98 Å². The smallest absolute Gasteiger partial charge is 0.222 e. The van der Waals surface area contributed by atoms with Gasteiger partial charge in [-0.05, 0) is 37.1 Å². The van der Waals surface area contributed by atoms with E-state index in [0.29, 0.717) is 6.54 Å². The van der Waals surface area contributed by atoms with Gasteiger partial charge in [-0.25, -0.2) is 4.98 Å². The summed E-state index contributed by atoms with van der Waals surface area (Å²) in [7, 11) is 1.72. The lowest BCUT2D eigenvalue weighted by molar-refractivity contribution is -0.0991. The lowest BCUT2D eigenvalue weighted by atomic mass is 9.89. The van der Waals surface area contributed by atoms with Gasteiger partial charge in [0.05, 0.1) is 32.4 Å². The Morgan fingerprint density at radius 2 is 1.92 bits per heavy atom. The maximum atomic E-state index is 7.57. The van der Waals surface area contributed by atoms with Gasteiger partial charge < -0.3 is 35.5 Å². The van der Waals surface area contributed by atoms with Crippen molar-refractivity contribution < 1.29 is 14.6 Å². The van der Waals surface area contributed by atoms with Crippen molar-refractivity contribution in [3.05, 3.63) is 53.6 Å². The topological polar surface area (TPSA) is 119 Å². The molecule has 5 rings (SSSR count). The summed E-state index contributed by atoms with van der Waals surface area (Å²) in [6.07, 6.45) is 2.16. The van der Waals surface area contributed by atoms with E-state index in [1.165, 1.54) is 5.56 Å². The van der Waals surface area contributed by atoms with Crippen molar-refractivity contribution in [2.45, 2.75) is 46.7 Å². The monoisotopic (exact) mass is 534 g/mol. The van der Waals surface area contributed by atoms with Crippen molar-refractivity contribution in [1.82, 2.24) is 19.9 Å². The van der Waals surface area contributed by atoms with Crippen molar-refractivity contribution in [3.63, 3.8) is 0 Å². The van der Waals surface area contributed by atoms with E-state index in [2.05, 4.69) is 75.4 Å². The molecule has 0 radical (unpaired) electrons. The number of aromatic nitrogens is 3. The molecule has 1 saturated heterocycles. The minimum absolute atomic E-state index is 0.237. The Kier molecular flexibility index (Phi) is 9.61. The highest BCUT2D eigenvalue weighted by atomic mass is 16.5. The molecule has 0 spiro atoms. The molecule has 0 unspecified atom stereocenters. The van der Waals surface area contributed by atoms with E-state index in [1.807, 2.05) is 6.07 Å². The Balaban J connectivity index is 0.00000112. The van der Waals surface area contributed by atoms with Crippen LogP contribution in [-0.4, -0.2) is 59.7 Å². The number of nitrogens with zero attached hydrogens (tertiary/aromatic N) is 3. The number of hydrogen-bond donors (Lipinski definition) is 4. The predicted molar refractivity (Wildman–Crippen MR) is 158 cm³/mol. The van der Waals surface area contributed by atoms with Gasteiger partial charge in [-0.3, -0.25) is 0 Å². The first-order chi connectivity index (χ1) is 18.9. The Morgan fingerprint density at radius 3 is 2.62 bits per heavy atom. The fraction of sp³-hybridized carbons (Fsp3) is 0.467. The van der Waals surface area contributed by atoms with Crippen LogP contribution in [0.2, 0.25) is 0 Å². The molecule has 5 N–H and O–H groups in total. The van der Waals surface area contributed by atoms with Crippen molar-refractivity contribution in [1.29, 1.82) is 0 Å². The quantitative estimate of drug-likeness (QED) is 0.207. The molecule has 0 amide bonds. The fourth-order valence-corrected chi connectivity index (χ4v) is 4.91. The summed E-state index contributed by atoms with van der Waals surface area (Å²) in [5.41, 5.74) is 11.6. The maximum absolute atomic E-state index is 7.57. The minimum Gasteiger partial charge on any atom is -0.496 e. The molecule has 0 saturated carbocycles. The normalized spacial score (nSPS) is 14.1. The lowest BCUT2D eigenvalue weighted by Gasteiger charge is -2.38. The number of nitrogens with one attached hydrogen (secondary N) is 2. The Morgan fingerprint density at radius 1 is 1.15 bits per heavy atom. The molecule has 3 heterocycles. The van der Waals surface area contributed by atoms with E-state index in [-0.39, 0.29) is 18.0 Å². The molecule has 1 aliphatic heterocycles. The molecule has 0 atom stereocenters. The second kappa shape index (κ2) is 13.1. The largest absolute Gasteiger partial charge is 0.496 e. The number of ether oxygens (including phenoxy) is 2. The average molecular weight is 535 g/mol. The standard InChI is InChI=1S/C28H36N6O2.C2H6O/c1-4-5-12-31-26-25-24(32-27(29)33-26)21-8-6-7-9-22(21)34(25)15-20-13-19(10-11-23(20)35-3)14-30-16-28(2)17-36-18-28;1-2-3/h6-11,13,30H,4-5,12,14-18H2,1-3H3,(H3,29,31,32,33);3H,2H2,1H3. The van der Waals surface area contributed by atoms with Gasteiger partial charge >= 0.3 is 0 Å². The Hall–Kier alpha value is -3.40. The number of nitrogens with two attached hydrogens (primary N) is 1. The van der Waals surface area contributed by atoms with E-state index in [9.17, 15) is 0 Å². The molecule has 1 fully saturated rings. The summed E-state index contributed by atoms with van der Waals surface area (Å²) < 4.78 is 13.4. The van der Waals surface area contributed by atoms with Crippen LogP contribution >= 0.6 is 0 Å². The summed E-state index contributed by atoms with van der Waals surface area (Å²) in [5.74, 6) is 1.91. The van der Waals surface area contributed by atoms with Crippen LogP contribution in [0.25, 0.3) is 21.9 Å². The highest BCUT2D eigenvalue weighted by molar-refractivity contribution is 6.09. The molecule has 9 nitrogen and oxygen atoms in total. The Bertz CT molecular complexity index is 1380. The lowest BCUT2D eigenvalue weighted by Crippen LogP contribution is -2.47. The van der Waals surface area contributed by atoms with Gasteiger partial charge in [0.25, 0.3) is 0 Å². The third-order valence-electron chi connectivity index (χ3n) is 6.90. The number of fused-ring (bicyclic) bond motifs is 3. The maximum Gasteiger partial charge on any atom is 0.222 e. The first-order valence-electron chi connectivity index (χ1n) is 13.8. The number of benzene rings is 2. The van der Waals surface area contributed by atoms with Gasteiger partial charge in [0, 0.05) is 42.6 Å². The van der Waals surface area contributed by atoms with E-state index in [1.54, 1.807) is 14.0 Å². The number of rotatable bonds is 11. The second-order valence-electron chi connectivity index (χ2n) is 10.4. The molecule has 9 heteroatoms. The third-order valence-corrected chi connectivity index (χ3v) is 6.90. The zero-order chi connectivity index (χ0) is 27.8. The SMILES string of the molecule is CCCCNc1nc(N)nc2c3ccccc3n(Cc3cc(CNCC4(C)COC4)ccc3OC)c12.CCO. The Labute approximate surface area is 230 Å². The molecule has 4 aromatic rings. The summed E-state index contributed by atoms with van der Waals surface area (Å²) in [6, 6.07) is 14.7. The highest BCUT2D eigenvalue weighted by Gasteiger charge is 2.32. The number of anilines is 2. The number of hydrogen-bond acceptors (Lipinski definition) is 8. The number of methoxy groups -OCH3 is 1. The second-order valence-corrected chi connectivity index (χ2v) is 10.4. The fourth-order valence-electron chi connectivity index (χ4n) is 4.91. The molecule has 2 aromatic heterocycles. The van der Waals surface area contributed by atoms with Gasteiger partial charge in [0.2, 0.25) is 5.95 Å². The van der Waals surface area contributed by atoms with Crippen LogP contribution in [0.4, 0.5) is 11.8 Å². The van der Waals surface area contributed by atoms with Crippen LogP contribution in [0.1, 0.15) is 44.7 Å². The molecular weight excluding hydrogens is 492 g/mol. The van der Waals surface area contributed by atoms with E-state index in [0.717, 1.165) is 84.8 Å². The van der Waals surface area contributed by atoms with Crippen molar-refractivity contribution in [2.75, 3.05) is 51.1 Å². The molecular formula is C30H42N6O3. The highest BCUT2D eigenvalue weighted by Crippen LogP contribution is 2.34. The van der Waals surface area contributed by atoms with Crippen molar-refractivity contribution >= 4 is 33.7 Å². The number of nitrogen functional groups attached to an aromatic ring is 1. The third kappa shape index (κ3) is 6.61. The summed E-state index contributed by atoms with van der Waals surface area (Å²) in [4.78, 5) is 9.24. The number of aliphatic hydroxyl groups is 1. The molecule has 2 aromatic carbocycles. The first kappa shape index (κ1) is 28.6. The summed E-state index contributed by atoms with van der Waals surface area (Å²) >= 11 is 0. The van der Waals surface area contributed by atoms with Gasteiger partial charge in [0.1, 0.15) is 16.8 Å². The van der Waals surface area contributed by atoms with E-state index >= 15 is 0 Å². The number of aliphatic hydroxyl groups excluding tert-OH is 1. The molecule has 1 aliphatic rings. The zero-order valence-electron chi connectivity index (χ0n) is 23.6. The van der Waals surface area contributed by atoms with Crippen LogP contribution in [0.5, 0.6) is 5.75 Å². The molecule has 0 bridgehead atoms. The van der Waals surface area contributed by atoms with Gasteiger partial charge in [0.15, 0.2) is 5.82 Å². The van der Waals surface area contributed by atoms with Gasteiger partial charge in [-0.15, -0.1) is 0 Å². The number of para-hydroxylation sites is 1. The van der Waals surface area contributed by atoms with Crippen LogP contribution < -0.4 is 21.1 Å². The van der Waals surface area contributed by atoms with Crippen molar-refractivity contribution in [3.8, 4) is 5.75 Å². The van der Waals surface area contributed by atoms with Crippen LogP contribution in [0.3, 0.4) is 0 Å². The van der Waals surface area contributed by atoms with E-state index in [4.69, 9.17) is 20.3 Å². The minimum atomic E-state index is 0.237. The zero-order valence-corrected chi connectivity index (χ0v) is 23.6. The number of unbranched alkanes of at least 4 members (excludes halogenated alkanes) is 1. The van der Waals surface area contributed by atoms with Crippen molar-refractivity contribution in [2.24, 2.45) is 5.41 Å². The molecule has 0 aliphatic carbocycles.